The van der Waals surface area contributed by atoms with Gasteiger partial charge in [-0.15, -0.1) is 11.3 Å². The zero-order chi connectivity index (χ0) is 9.26. The van der Waals surface area contributed by atoms with Gasteiger partial charge in [0.05, 0.1) is 17.2 Å². The Bertz CT molecular complexity index is 280. The Morgan fingerprint density at radius 2 is 2.54 bits per heavy atom. The van der Waals surface area contributed by atoms with Crippen molar-refractivity contribution in [3.8, 4) is 0 Å². The second-order valence-electron chi connectivity index (χ2n) is 3.70. The molecule has 72 valence electrons. The fourth-order valence-corrected chi connectivity index (χ4v) is 2.46. The summed E-state index contributed by atoms with van der Waals surface area (Å²) in [6.07, 6.45) is 3.91. The highest BCUT2D eigenvalue weighted by molar-refractivity contribution is 7.09. The summed E-state index contributed by atoms with van der Waals surface area (Å²) in [4.78, 5) is 5.54. The lowest BCUT2D eigenvalue weighted by molar-refractivity contribution is 0.491. The first-order chi connectivity index (χ1) is 6.31. The molecule has 1 aromatic rings. The van der Waals surface area contributed by atoms with E-state index in [1.807, 2.05) is 12.4 Å². The van der Waals surface area contributed by atoms with Gasteiger partial charge >= 0.3 is 0 Å². The van der Waals surface area contributed by atoms with Gasteiger partial charge in [0.2, 0.25) is 0 Å². The summed E-state index contributed by atoms with van der Waals surface area (Å²) < 4.78 is 0. The normalized spacial score (nSPS) is 18.9. The van der Waals surface area contributed by atoms with Gasteiger partial charge < -0.3 is 0 Å². The highest BCUT2D eigenvalue weighted by Gasteiger charge is 2.27. The molecule has 0 aliphatic heterocycles. The van der Waals surface area contributed by atoms with Gasteiger partial charge in [0, 0.05) is 4.88 Å². The van der Waals surface area contributed by atoms with Gasteiger partial charge in [-0.1, -0.05) is 12.8 Å². The smallest absolute Gasteiger partial charge is 0.0798 e. The molecule has 2 rings (SSSR count). The van der Waals surface area contributed by atoms with Gasteiger partial charge in [-0.2, -0.15) is 0 Å². The van der Waals surface area contributed by atoms with Crippen LogP contribution in [0, 0.1) is 12.8 Å². The quantitative estimate of drug-likeness (QED) is 0.571. The predicted octanol–water partition coefficient (Wildman–Crippen LogP) is 1.76. The van der Waals surface area contributed by atoms with Crippen molar-refractivity contribution < 1.29 is 0 Å². The van der Waals surface area contributed by atoms with Crippen LogP contribution in [0.1, 0.15) is 35.9 Å². The lowest BCUT2D eigenvalue weighted by Crippen LogP contribution is -2.28. The molecule has 1 unspecified atom stereocenters. The van der Waals surface area contributed by atoms with Crippen LogP contribution in [0.2, 0.25) is 0 Å². The van der Waals surface area contributed by atoms with E-state index in [-0.39, 0.29) is 0 Å². The number of hydrogen-bond donors (Lipinski definition) is 2. The molecule has 0 amide bonds. The van der Waals surface area contributed by atoms with Crippen molar-refractivity contribution in [2.75, 3.05) is 0 Å². The Labute approximate surface area is 82.3 Å². The van der Waals surface area contributed by atoms with Crippen molar-refractivity contribution in [3.05, 3.63) is 16.1 Å². The van der Waals surface area contributed by atoms with Crippen LogP contribution in [0.5, 0.6) is 0 Å². The van der Waals surface area contributed by atoms with Crippen molar-refractivity contribution in [2.24, 2.45) is 11.8 Å². The van der Waals surface area contributed by atoms with Gasteiger partial charge in [0.25, 0.3) is 0 Å². The maximum absolute atomic E-state index is 5.54. The topological polar surface area (TPSA) is 50.9 Å². The summed E-state index contributed by atoms with van der Waals surface area (Å²) in [6, 6.07) is 0.319. The number of nitrogens with two attached hydrogens (primary N) is 1. The highest BCUT2D eigenvalue weighted by Crippen LogP contribution is 2.38. The molecule has 0 saturated heterocycles. The molecule has 1 saturated carbocycles. The number of hydrazine groups is 1. The van der Waals surface area contributed by atoms with Gasteiger partial charge in [0.1, 0.15) is 0 Å². The van der Waals surface area contributed by atoms with E-state index < -0.39 is 0 Å². The van der Waals surface area contributed by atoms with E-state index in [1.165, 1.54) is 24.1 Å². The first kappa shape index (κ1) is 9.12. The third kappa shape index (κ3) is 2.07. The summed E-state index contributed by atoms with van der Waals surface area (Å²) >= 11 is 1.70. The summed E-state index contributed by atoms with van der Waals surface area (Å²) in [5.41, 5.74) is 5.90. The van der Waals surface area contributed by atoms with Crippen LogP contribution >= 0.6 is 11.3 Å². The number of nitrogens with one attached hydrogen (secondary N) is 1. The SMILES string of the molecule is Cc1ncsc1C(CC1CC1)NN. The summed E-state index contributed by atoms with van der Waals surface area (Å²) in [5.74, 6) is 6.43. The van der Waals surface area contributed by atoms with Crippen LogP contribution < -0.4 is 11.3 Å². The number of aryl methyl sites for hydroxylation is 1. The second kappa shape index (κ2) is 3.74. The van der Waals surface area contributed by atoms with Crippen LogP contribution in [0.4, 0.5) is 0 Å². The van der Waals surface area contributed by atoms with Crippen molar-refractivity contribution >= 4 is 11.3 Å². The zero-order valence-corrected chi connectivity index (χ0v) is 8.60. The fraction of sp³-hybridized carbons (Fsp3) is 0.667. The van der Waals surface area contributed by atoms with E-state index in [9.17, 15) is 0 Å². The second-order valence-corrected chi connectivity index (χ2v) is 4.59. The van der Waals surface area contributed by atoms with Crippen molar-refractivity contribution in [2.45, 2.75) is 32.2 Å². The number of rotatable bonds is 4. The van der Waals surface area contributed by atoms with E-state index in [4.69, 9.17) is 5.84 Å². The first-order valence-corrected chi connectivity index (χ1v) is 5.55. The lowest BCUT2D eigenvalue weighted by atomic mass is 10.1. The Morgan fingerprint density at radius 1 is 1.77 bits per heavy atom. The minimum atomic E-state index is 0.319. The molecule has 0 aromatic carbocycles. The monoisotopic (exact) mass is 197 g/mol. The van der Waals surface area contributed by atoms with Gasteiger partial charge in [-0.3, -0.25) is 11.3 Å². The standard InChI is InChI=1S/C9H15N3S/c1-6-9(13-5-11-6)8(12-10)4-7-2-3-7/h5,7-8,12H,2-4,10H2,1H3. The average Bonchev–Trinajstić information content (AvgIpc) is 2.85. The zero-order valence-electron chi connectivity index (χ0n) is 7.79. The summed E-state index contributed by atoms with van der Waals surface area (Å²) in [7, 11) is 0. The molecule has 3 nitrogen and oxygen atoms in total. The van der Waals surface area contributed by atoms with Crippen LogP contribution in [0.3, 0.4) is 0 Å². The summed E-state index contributed by atoms with van der Waals surface area (Å²) in [6.45, 7) is 2.04. The van der Waals surface area contributed by atoms with E-state index in [0.29, 0.717) is 6.04 Å². The first-order valence-electron chi connectivity index (χ1n) is 4.67. The molecule has 3 N–H and O–H groups in total. The number of thiazole rings is 1. The molecule has 0 radical (unpaired) electrons. The van der Waals surface area contributed by atoms with Crippen LogP contribution in [0.15, 0.2) is 5.51 Å². The van der Waals surface area contributed by atoms with Crippen LogP contribution in [-0.4, -0.2) is 4.98 Å². The molecule has 1 aliphatic rings. The summed E-state index contributed by atoms with van der Waals surface area (Å²) in [5, 5.41) is 0. The van der Waals surface area contributed by atoms with Gasteiger partial charge in [0.15, 0.2) is 0 Å². The molecule has 0 bridgehead atoms. The molecule has 4 heteroatoms. The highest BCUT2D eigenvalue weighted by atomic mass is 32.1. The molecule has 0 spiro atoms. The fourth-order valence-electron chi connectivity index (χ4n) is 1.58. The predicted molar refractivity (Wildman–Crippen MR) is 54.3 cm³/mol. The molecule has 13 heavy (non-hydrogen) atoms. The van der Waals surface area contributed by atoms with Crippen molar-refractivity contribution in [1.82, 2.24) is 10.4 Å². The number of hydrogen-bond acceptors (Lipinski definition) is 4. The molecule has 1 atom stereocenters. The molecule has 1 heterocycles. The molecule has 1 aliphatic carbocycles. The largest absolute Gasteiger partial charge is 0.271 e. The van der Waals surface area contributed by atoms with Crippen molar-refractivity contribution in [1.29, 1.82) is 0 Å². The molecular formula is C9H15N3S. The molecule has 1 fully saturated rings. The third-order valence-corrected chi connectivity index (χ3v) is 3.61. The van der Waals surface area contributed by atoms with E-state index in [0.717, 1.165) is 11.6 Å². The third-order valence-electron chi connectivity index (χ3n) is 2.57. The minimum Gasteiger partial charge on any atom is -0.271 e. The Balaban J connectivity index is 2.06. The van der Waals surface area contributed by atoms with E-state index in [1.54, 1.807) is 11.3 Å². The minimum absolute atomic E-state index is 0.319. The van der Waals surface area contributed by atoms with Crippen LogP contribution in [-0.2, 0) is 0 Å². The lowest BCUT2D eigenvalue weighted by Gasteiger charge is -2.13. The molecule has 1 aromatic heterocycles. The maximum Gasteiger partial charge on any atom is 0.0798 e. The Kier molecular flexibility index (Phi) is 2.62. The Hall–Kier alpha value is -0.450. The Morgan fingerprint density at radius 3 is 3.00 bits per heavy atom. The van der Waals surface area contributed by atoms with Gasteiger partial charge in [-0.05, 0) is 19.3 Å². The van der Waals surface area contributed by atoms with E-state index >= 15 is 0 Å². The average molecular weight is 197 g/mol. The number of aromatic nitrogens is 1. The van der Waals surface area contributed by atoms with Gasteiger partial charge in [-0.25, -0.2) is 4.98 Å². The van der Waals surface area contributed by atoms with Crippen molar-refractivity contribution in [3.63, 3.8) is 0 Å². The molecular weight excluding hydrogens is 182 g/mol. The maximum atomic E-state index is 5.54. The van der Waals surface area contributed by atoms with Crippen LogP contribution in [0.25, 0.3) is 0 Å². The number of nitrogens with zero attached hydrogens (tertiary/aromatic N) is 1. The van der Waals surface area contributed by atoms with E-state index in [2.05, 4.69) is 10.4 Å².